The van der Waals surface area contributed by atoms with Crippen LogP contribution in [0.4, 0.5) is 5.69 Å². The molecule has 3 aliphatic heterocycles. The minimum atomic E-state index is -0.828. The molecule has 2 bridgehead atoms. The van der Waals surface area contributed by atoms with Crippen molar-refractivity contribution in [3.05, 3.63) is 49.6 Å². The predicted molar refractivity (Wildman–Crippen MR) is 190 cm³/mol. The van der Waals surface area contributed by atoms with Gasteiger partial charge >= 0.3 is 0 Å². The summed E-state index contributed by atoms with van der Waals surface area (Å²) in [6.45, 7) is 23.2. The molecule has 8 nitrogen and oxygen atoms in total. The highest BCUT2D eigenvalue weighted by atomic mass is 79.9. The van der Waals surface area contributed by atoms with Crippen LogP contribution in [0.1, 0.15) is 67.7 Å². The maximum Gasteiger partial charge on any atom is 0.247 e. The number of fused-ring (bicyclic) bond motifs is 1. The van der Waals surface area contributed by atoms with Gasteiger partial charge in [-0.1, -0.05) is 55.8 Å². The number of thioether (sulfide) groups is 1. The summed E-state index contributed by atoms with van der Waals surface area (Å²) in [5, 5.41) is 10.3. The Labute approximate surface area is 288 Å². The number of likely N-dealkylation sites (tertiary alicyclic amines) is 1. The lowest BCUT2D eigenvalue weighted by Gasteiger charge is -2.46. The third-order valence-electron chi connectivity index (χ3n) is 9.63. The maximum absolute atomic E-state index is 15.1. The Balaban J connectivity index is 1.82. The Morgan fingerprint density at radius 3 is 2.28 bits per heavy atom. The van der Waals surface area contributed by atoms with Gasteiger partial charge in [0.25, 0.3) is 0 Å². The third-order valence-corrected chi connectivity index (χ3v) is 12.8. The molecule has 3 aliphatic rings. The standard InChI is InChI=1S/C36H52BrN3O5S/c1-10-18-38(24-14-16-25(17-15-24)45-13-4)31(42)27-28-32(43)40(23(12-3)21-41)30(36(28)20-26(37)29(27)46-36)33(44)39(19-11-2)35(8,9)22-34(5,6)7/h10-11,14-17,23,26-30,41H,1-2,12-13,18-22H2,3-9H3/t23-,26?,27-,28-,29-,30?,36?/m0/s1. The van der Waals surface area contributed by atoms with E-state index in [1.54, 1.807) is 33.7 Å². The van der Waals surface area contributed by atoms with Crippen LogP contribution >= 0.6 is 27.7 Å². The number of amides is 3. The first-order chi connectivity index (χ1) is 21.6. The summed E-state index contributed by atoms with van der Waals surface area (Å²) in [4.78, 5) is 49.6. The highest BCUT2D eigenvalue weighted by molar-refractivity contribution is 9.09. The molecule has 46 heavy (non-hydrogen) atoms. The van der Waals surface area contributed by atoms with Crippen LogP contribution in [0.3, 0.4) is 0 Å². The van der Waals surface area contributed by atoms with Crippen LogP contribution in [0.2, 0.25) is 0 Å². The summed E-state index contributed by atoms with van der Waals surface area (Å²) in [5.41, 5.74) is 0.104. The summed E-state index contributed by atoms with van der Waals surface area (Å²) in [5.74, 6) is -1.18. The van der Waals surface area contributed by atoms with Gasteiger partial charge in [0.15, 0.2) is 0 Å². The molecule has 10 heteroatoms. The van der Waals surface area contributed by atoms with Gasteiger partial charge in [-0.05, 0) is 69.7 Å². The molecule has 3 fully saturated rings. The van der Waals surface area contributed by atoms with E-state index in [0.29, 0.717) is 37.4 Å². The fourth-order valence-corrected chi connectivity index (χ4v) is 11.8. The van der Waals surface area contributed by atoms with Crippen LogP contribution in [-0.4, -0.2) is 91.4 Å². The van der Waals surface area contributed by atoms with E-state index in [1.807, 2.05) is 43.0 Å². The second kappa shape index (κ2) is 14.0. The molecule has 0 aromatic heterocycles. The Morgan fingerprint density at radius 1 is 1.13 bits per heavy atom. The van der Waals surface area contributed by atoms with Crippen LogP contribution in [0.15, 0.2) is 49.6 Å². The van der Waals surface area contributed by atoms with Gasteiger partial charge in [0.1, 0.15) is 11.8 Å². The summed E-state index contributed by atoms with van der Waals surface area (Å²) in [6, 6.07) is 6.01. The topological polar surface area (TPSA) is 90.4 Å². The van der Waals surface area contributed by atoms with E-state index in [1.165, 1.54) is 0 Å². The molecule has 3 saturated heterocycles. The Kier molecular flexibility index (Phi) is 11.2. The number of carbonyl (C=O) groups excluding carboxylic acids is 3. The number of benzene rings is 1. The molecule has 1 N–H and O–H groups in total. The van der Waals surface area contributed by atoms with Crippen LogP contribution in [0.5, 0.6) is 5.75 Å². The van der Waals surface area contributed by atoms with E-state index < -0.39 is 34.2 Å². The van der Waals surface area contributed by atoms with E-state index in [-0.39, 0.29) is 46.4 Å². The molecule has 3 amide bonds. The number of carbonyl (C=O) groups is 3. The monoisotopic (exact) mass is 717 g/mol. The van der Waals surface area contributed by atoms with Gasteiger partial charge in [-0.25, -0.2) is 0 Å². The Hall–Kier alpha value is -2.30. The summed E-state index contributed by atoms with van der Waals surface area (Å²) in [6.07, 6.45) is 5.23. The average Bonchev–Trinajstić information content (AvgIpc) is 3.57. The smallest absolute Gasteiger partial charge is 0.247 e. The molecule has 1 aromatic rings. The van der Waals surface area contributed by atoms with Crippen molar-refractivity contribution < 1.29 is 24.2 Å². The van der Waals surface area contributed by atoms with E-state index in [0.717, 1.165) is 6.42 Å². The Bertz CT molecular complexity index is 1310. The van der Waals surface area contributed by atoms with Crippen LogP contribution in [0, 0.1) is 17.3 Å². The number of aliphatic hydroxyl groups is 1. The van der Waals surface area contributed by atoms with Crippen molar-refractivity contribution in [1.29, 1.82) is 0 Å². The second-order valence-corrected chi connectivity index (χ2v) is 17.3. The number of hydrogen-bond donors (Lipinski definition) is 1. The number of aliphatic hydroxyl groups excluding tert-OH is 1. The summed E-state index contributed by atoms with van der Waals surface area (Å²) < 4.78 is 4.79. The number of ether oxygens (including phenoxy) is 1. The lowest BCUT2D eigenvalue weighted by atomic mass is 9.70. The van der Waals surface area contributed by atoms with Crippen molar-refractivity contribution in [2.45, 2.75) is 100 Å². The van der Waals surface area contributed by atoms with E-state index >= 15 is 4.79 Å². The van der Waals surface area contributed by atoms with Gasteiger partial charge in [-0.3, -0.25) is 14.4 Å². The Morgan fingerprint density at radius 2 is 1.76 bits per heavy atom. The van der Waals surface area contributed by atoms with Crippen molar-refractivity contribution in [2.75, 3.05) is 31.2 Å². The van der Waals surface area contributed by atoms with E-state index in [2.05, 4.69) is 63.7 Å². The zero-order chi connectivity index (χ0) is 34.2. The summed E-state index contributed by atoms with van der Waals surface area (Å²) >= 11 is 5.51. The average molecular weight is 719 g/mol. The fourth-order valence-electron chi connectivity index (χ4n) is 8.26. The molecule has 1 spiro atoms. The molecular formula is C36H52BrN3O5S. The van der Waals surface area contributed by atoms with Crippen molar-refractivity contribution in [2.24, 2.45) is 17.3 Å². The molecule has 4 rings (SSSR count). The number of alkyl halides is 1. The first-order valence-corrected chi connectivity index (χ1v) is 18.2. The molecule has 0 aliphatic carbocycles. The van der Waals surface area contributed by atoms with Crippen LogP contribution < -0.4 is 9.64 Å². The summed E-state index contributed by atoms with van der Waals surface area (Å²) in [7, 11) is 0. The third kappa shape index (κ3) is 6.55. The first-order valence-electron chi connectivity index (χ1n) is 16.4. The van der Waals surface area contributed by atoms with Crippen molar-refractivity contribution in [1.82, 2.24) is 9.80 Å². The largest absolute Gasteiger partial charge is 0.494 e. The van der Waals surface area contributed by atoms with Gasteiger partial charge in [0.05, 0.1) is 35.8 Å². The molecular weight excluding hydrogens is 666 g/mol. The number of anilines is 1. The fraction of sp³-hybridized carbons (Fsp3) is 0.639. The number of rotatable bonds is 14. The van der Waals surface area contributed by atoms with Crippen molar-refractivity contribution >= 4 is 51.1 Å². The number of hydrogen-bond acceptors (Lipinski definition) is 6. The van der Waals surface area contributed by atoms with Crippen molar-refractivity contribution in [3.8, 4) is 5.75 Å². The van der Waals surface area contributed by atoms with Crippen molar-refractivity contribution in [3.63, 3.8) is 0 Å². The van der Waals surface area contributed by atoms with Gasteiger partial charge in [-0.2, -0.15) is 0 Å². The molecule has 3 heterocycles. The lowest BCUT2D eigenvalue weighted by molar-refractivity contribution is -0.149. The van der Waals surface area contributed by atoms with Gasteiger partial charge in [0.2, 0.25) is 17.7 Å². The molecule has 0 saturated carbocycles. The normalized spacial score (nSPS) is 27.7. The zero-order valence-electron chi connectivity index (χ0n) is 28.5. The first kappa shape index (κ1) is 36.5. The molecule has 1 aromatic carbocycles. The van der Waals surface area contributed by atoms with Gasteiger partial charge < -0.3 is 24.5 Å². The molecule has 7 atom stereocenters. The zero-order valence-corrected chi connectivity index (χ0v) is 30.9. The van der Waals surface area contributed by atoms with E-state index in [4.69, 9.17) is 4.74 Å². The van der Waals surface area contributed by atoms with Gasteiger partial charge in [0, 0.05) is 34.4 Å². The molecule has 254 valence electrons. The van der Waals surface area contributed by atoms with Gasteiger partial charge in [-0.15, -0.1) is 24.9 Å². The SMILES string of the molecule is C=CCN(C(=O)[C@H]1[C@H]2C(=O)N([C@@H](CC)CO)C(C(=O)N(CC=C)C(C)(C)CC(C)(C)C)C23CC(Br)[C@@H]1S3)c1ccc(OCC)cc1. The lowest BCUT2D eigenvalue weighted by Crippen LogP contribution is -2.61. The quantitative estimate of drug-likeness (QED) is 0.186. The predicted octanol–water partition coefficient (Wildman–Crippen LogP) is 6.07. The van der Waals surface area contributed by atoms with Crippen LogP contribution in [0.25, 0.3) is 0 Å². The second-order valence-electron chi connectivity index (χ2n) is 14.6. The van der Waals surface area contributed by atoms with Crippen LogP contribution in [-0.2, 0) is 14.4 Å². The highest BCUT2D eigenvalue weighted by Crippen LogP contribution is 2.68. The maximum atomic E-state index is 15.1. The van der Waals surface area contributed by atoms with E-state index in [9.17, 15) is 14.7 Å². The highest BCUT2D eigenvalue weighted by Gasteiger charge is 2.76. The molecule has 3 unspecified atom stereocenters. The number of halogens is 1. The minimum absolute atomic E-state index is 0.0548. The number of nitrogens with zero attached hydrogens (tertiary/aromatic N) is 3. The molecule has 0 radical (unpaired) electrons. The minimum Gasteiger partial charge on any atom is -0.494 e.